The zero-order valence-corrected chi connectivity index (χ0v) is 26.4. The van der Waals surface area contributed by atoms with Crippen molar-refractivity contribution < 1.29 is 24.6 Å². The summed E-state index contributed by atoms with van der Waals surface area (Å²) in [5.41, 5.74) is 2.28. The molecule has 242 valence electrons. The van der Waals surface area contributed by atoms with Gasteiger partial charge in [-0.15, -0.1) is 0 Å². The van der Waals surface area contributed by atoms with Crippen molar-refractivity contribution in [2.24, 2.45) is 11.8 Å². The van der Waals surface area contributed by atoms with Crippen molar-refractivity contribution >= 4 is 17.6 Å². The lowest BCUT2D eigenvalue weighted by Gasteiger charge is -2.31. The normalized spacial score (nSPS) is 14.5. The topological polar surface area (TPSA) is 134 Å². The molecule has 0 saturated carbocycles. The Labute approximate surface area is 270 Å². The Morgan fingerprint density at radius 3 is 1.91 bits per heavy atom. The Morgan fingerprint density at radius 2 is 1.35 bits per heavy atom. The van der Waals surface area contributed by atoms with Crippen LogP contribution in [0.15, 0.2) is 109 Å². The lowest BCUT2D eigenvalue weighted by molar-refractivity contribution is -0.132. The van der Waals surface area contributed by atoms with Gasteiger partial charge in [0, 0.05) is 30.3 Å². The van der Waals surface area contributed by atoms with Crippen LogP contribution in [0.4, 0.5) is 0 Å². The molecule has 0 aliphatic carbocycles. The molecule has 0 bridgehead atoms. The van der Waals surface area contributed by atoms with Gasteiger partial charge in [0.05, 0.1) is 18.7 Å². The molecule has 4 aromatic rings. The lowest BCUT2D eigenvalue weighted by Crippen LogP contribution is -2.57. The fourth-order valence-corrected chi connectivity index (χ4v) is 5.50. The molecular weight excluding hydrogens is 580 g/mol. The third-order valence-corrected chi connectivity index (χ3v) is 7.93. The predicted octanol–water partition coefficient (Wildman–Crippen LogP) is 4.00. The van der Waals surface area contributed by atoms with Gasteiger partial charge in [-0.25, -0.2) is 0 Å². The standard InChI is InChI=1S/C37H44N4O5/c1-26(2)21-34(43)35(44)31(23-28-15-8-4-9-16-28)39-37(46)32(25-41-20-12-19-38-41)40-36(45)30(22-27-13-6-3-7-14-27)24-33(42)29-17-10-5-11-18-29/h3-20,26,30-32,34-35,43-44H,21-25H2,1-2H3,(H,39,46)(H,40,45)/t30-,31+,32+,34+,35-/m1/s1. The largest absolute Gasteiger partial charge is 0.390 e. The van der Waals surface area contributed by atoms with E-state index in [9.17, 15) is 24.6 Å². The van der Waals surface area contributed by atoms with E-state index in [0.717, 1.165) is 11.1 Å². The molecule has 0 radical (unpaired) electrons. The minimum atomic E-state index is -1.25. The molecule has 46 heavy (non-hydrogen) atoms. The number of nitrogens with one attached hydrogen (secondary N) is 2. The Bertz CT molecular complexity index is 1500. The van der Waals surface area contributed by atoms with Gasteiger partial charge in [0.1, 0.15) is 12.1 Å². The summed E-state index contributed by atoms with van der Waals surface area (Å²) in [5.74, 6) is -1.77. The summed E-state index contributed by atoms with van der Waals surface area (Å²) >= 11 is 0. The van der Waals surface area contributed by atoms with Crippen LogP contribution in [0.3, 0.4) is 0 Å². The number of carbonyl (C=O) groups is 3. The number of nitrogens with zero attached hydrogens (tertiary/aromatic N) is 2. The number of ketones is 1. The number of benzene rings is 3. The van der Waals surface area contributed by atoms with E-state index in [-0.39, 0.29) is 31.1 Å². The van der Waals surface area contributed by atoms with Crippen molar-refractivity contribution in [1.82, 2.24) is 20.4 Å². The summed E-state index contributed by atoms with van der Waals surface area (Å²) in [7, 11) is 0. The molecule has 4 rings (SSSR count). The highest BCUT2D eigenvalue weighted by Gasteiger charge is 2.33. The Kier molecular flexibility index (Phi) is 12.8. The molecule has 1 heterocycles. The molecule has 0 spiro atoms. The average Bonchev–Trinajstić information content (AvgIpc) is 3.57. The SMILES string of the molecule is CC(C)C[C@H](O)[C@H](O)[C@H](Cc1ccccc1)NC(=O)[C@H](Cn1cccn1)NC(=O)[C@@H](CC(=O)c1ccccc1)Cc1ccccc1. The van der Waals surface area contributed by atoms with E-state index in [0.29, 0.717) is 18.4 Å². The van der Waals surface area contributed by atoms with Crippen LogP contribution in [-0.4, -0.2) is 61.9 Å². The summed E-state index contributed by atoms with van der Waals surface area (Å²) in [6, 6.07) is 27.5. The average molecular weight is 625 g/mol. The highest BCUT2D eigenvalue weighted by molar-refractivity contribution is 5.99. The van der Waals surface area contributed by atoms with E-state index < -0.39 is 42.0 Å². The van der Waals surface area contributed by atoms with E-state index in [1.165, 1.54) is 0 Å². The van der Waals surface area contributed by atoms with Crippen LogP contribution in [0.2, 0.25) is 0 Å². The van der Waals surface area contributed by atoms with Crippen molar-refractivity contribution in [3.05, 3.63) is 126 Å². The highest BCUT2D eigenvalue weighted by atomic mass is 16.3. The molecule has 9 nitrogen and oxygen atoms in total. The second kappa shape index (κ2) is 17.2. The number of carbonyl (C=O) groups excluding carboxylic acids is 3. The molecule has 0 fully saturated rings. The number of aliphatic hydroxyl groups excluding tert-OH is 2. The lowest BCUT2D eigenvalue weighted by atomic mass is 9.91. The first-order chi connectivity index (χ1) is 22.2. The van der Waals surface area contributed by atoms with Crippen LogP contribution in [-0.2, 0) is 29.0 Å². The van der Waals surface area contributed by atoms with Gasteiger partial charge in [0.2, 0.25) is 11.8 Å². The third kappa shape index (κ3) is 10.5. The van der Waals surface area contributed by atoms with E-state index in [1.807, 2.05) is 80.6 Å². The van der Waals surface area contributed by atoms with Crippen LogP contribution in [0.1, 0.15) is 48.2 Å². The third-order valence-electron chi connectivity index (χ3n) is 7.93. The Balaban J connectivity index is 1.58. The molecule has 3 aromatic carbocycles. The summed E-state index contributed by atoms with van der Waals surface area (Å²) in [5, 5.41) is 32.1. The van der Waals surface area contributed by atoms with Crippen LogP contribution in [0, 0.1) is 11.8 Å². The molecule has 5 atom stereocenters. The van der Waals surface area contributed by atoms with E-state index in [2.05, 4.69) is 15.7 Å². The number of Topliss-reactive ketones (excluding diaryl/α,β-unsaturated/α-hetero) is 1. The molecule has 2 amide bonds. The maximum Gasteiger partial charge on any atom is 0.244 e. The Hall–Kier alpha value is -4.60. The number of aromatic nitrogens is 2. The van der Waals surface area contributed by atoms with Crippen molar-refractivity contribution in [2.45, 2.75) is 70.4 Å². The summed E-state index contributed by atoms with van der Waals surface area (Å²) in [4.78, 5) is 41.1. The number of aliphatic hydroxyl groups is 2. The van der Waals surface area contributed by atoms with Gasteiger partial charge < -0.3 is 20.8 Å². The first-order valence-corrected chi connectivity index (χ1v) is 15.8. The molecule has 0 aliphatic heterocycles. The maximum atomic E-state index is 14.0. The number of hydrogen-bond acceptors (Lipinski definition) is 6. The maximum absolute atomic E-state index is 14.0. The molecule has 0 unspecified atom stereocenters. The fraction of sp³-hybridized carbons (Fsp3) is 0.351. The first-order valence-electron chi connectivity index (χ1n) is 15.8. The zero-order chi connectivity index (χ0) is 32.9. The van der Waals surface area contributed by atoms with Gasteiger partial charge in [-0.3, -0.25) is 19.1 Å². The second-order valence-electron chi connectivity index (χ2n) is 12.2. The number of hydrogen-bond donors (Lipinski definition) is 4. The second-order valence-corrected chi connectivity index (χ2v) is 12.2. The molecule has 0 saturated heterocycles. The van der Waals surface area contributed by atoms with Crippen LogP contribution in [0.5, 0.6) is 0 Å². The minimum Gasteiger partial charge on any atom is -0.390 e. The van der Waals surface area contributed by atoms with E-state index >= 15 is 0 Å². The quantitative estimate of drug-likeness (QED) is 0.131. The van der Waals surface area contributed by atoms with Crippen molar-refractivity contribution in [1.29, 1.82) is 0 Å². The van der Waals surface area contributed by atoms with Crippen molar-refractivity contribution in [2.75, 3.05) is 0 Å². The molecule has 0 aliphatic rings. The van der Waals surface area contributed by atoms with Gasteiger partial charge in [-0.05, 0) is 42.4 Å². The van der Waals surface area contributed by atoms with Gasteiger partial charge in [0.15, 0.2) is 5.78 Å². The molecule has 9 heteroatoms. The first kappa shape index (κ1) is 34.3. The molecule has 1 aromatic heterocycles. The van der Waals surface area contributed by atoms with Gasteiger partial charge in [0.25, 0.3) is 0 Å². The molecule has 4 N–H and O–H groups in total. The highest BCUT2D eigenvalue weighted by Crippen LogP contribution is 2.18. The van der Waals surface area contributed by atoms with Crippen LogP contribution < -0.4 is 10.6 Å². The van der Waals surface area contributed by atoms with Crippen molar-refractivity contribution in [3.63, 3.8) is 0 Å². The predicted molar refractivity (Wildman–Crippen MR) is 177 cm³/mol. The zero-order valence-electron chi connectivity index (χ0n) is 26.4. The van der Waals surface area contributed by atoms with Gasteiger partial charge in [-0.1, -0.05) is 105 Å². The Morgan fingerprint density at radius 1 is 0.761 bits per heavy atom. The summed E-state index contributed by atoms with van der Waals surface area (Å²) in [6.07, 6.45) is 1.84. The number of rotatable bonds is 17. The summed E-state index contributed by atoms with van der Waals surface area (Å²) in [6.45, 7) is 3.92. The smallest absolute Gasteiger partial charge is 0.244 e. The van der Waals surface area contributed by atoms with E-state index in [4.69, 9.17) is 0 Å². The van der Waals surface area contributed by atoms with Crippen LogP contribution >= 0.6 is 0 Å². The van der Waals surface area contributed by atoms with Gasteiger partial charge >= 0.3 is 0 Å². The van der Waals surface area contributed by atoms with Crippen LogP contribution in [0.25, 0.3) is 0 Å². The monoisotopic (exact) mass is 624 g/mol. The van der Waals surface area contributed by atoms with Crippen molar-refractivity contribution in [3.8, 4) is 0 Å². The minimum absolute atomic E-state index is 0.0258. The fourth-order valence-electron chi connectivity index (χ4n) is 5.50. The van der Waals surface area contributed by atoms with Gasteiger partial charge in [-0.2, -0.15) is 5.10 Å². The summed E-state index contributed by atoms with van der Waals surface area (Å²) < 4.78 is 1.54. The number of amides is 2. The van der Waals surface area contributed by atoms with E-state index in [1.54, 1.807) is 47.4 Å². The molecular formula is C37H44N4O5.